The van der Waals surface area contributed by atoms with Gasteiger partial charge in [-0.3, -0.25) is 4.79 Å². The Hall–Kier alpha value is -1.35. The van der Waals surface area contributed by atoms with Crippen LogP contribution in [0.3, 0.4) is 0 Å². The van der Waals surface area contributed by atoms with Crippen LogP contribution in [0.1, 0.15) is 52.2 Å². The Bertz CT molecular complexity index is 514. The van der Waals surface area contributed by atoms with Crippen LogP contribution in [0, 0.1) is 0 Å². The largest absolute Gasteiger partial charge is 0.486 e. The van der Waals surface area contributed by atoms with Crippen LogP contribution in [-0.2, 0) is 21.4 Å². The highest BCUT2D eigenvalue weighted by atomic mass is 16.5. The smallest absolute Gasteiger partial charge is 0.169 e. The molecular formula is C18H26O3. The number of carbonyl (C=O) groups excluding carboxylic acids is 1. The van der Waals surface area contributed by atoms with E-state index in [0.29, 0.717) is 13.0 Å². The Balaban J connectivity index is 2.22. The van der Waals surface area contributed by atoms with E-state index in [1.54, 1.807) is 0 Å². The van der Waals surface area contributed by atoms with Crippen LogP contribution in [-0.4, -0.2) is 24.6 Å². The first-order valence-corrected chi connectivity index (χ1v) is 7.81. The highest BCUT2D eigenvalue weighted by Crippen LogP contribution is 2.35. The molecule has 3 heteroatoms. The average Bonchev–Trinajstić information content (AvgIpc) is 2.43. The van der Waals surface area contributed by atoms with E-state index in [-0.39, 0.29) is 17.3 Å². The summed E-state index contributed by atoms with van der Waals surface area (Å²) in [7, 11) is 0. The first-order chi connectivity index (χ1) is 9.86. The van der Waals surface area contributed by atoms with Gasteiger partial charge in [0.2, 0.25) is 0 Å². The van der Waals surface area contributed by atoms with Gasteiger partial charge in [-0.25, -0.2) is 0 Å². The maximum atomic E-state index is 11.6. The van der Waals surface area contributed by atoms with Crippen molar-refractivity contribution in [3.05, 3.63) is 29.3 Å². The Morgan fingerprint density at radius 3 is 2.48 bits per heavy atom. The SMILES string of the molecule is CCOC1C(=O)CC1Oc1ccc(CC)cc1C(C)(C)C. The van der Waals surface area contributed by atoms with Gasteiger partial charge in [0, 0.05) is 13.0 Å². The molecule has 1 saturated carbocycles. The Labute approximate surface area is 127 Å². The molecule has 0 spiro atoms. The van der Waals surface area contributed by atoms with Gasteiger partial charge in [-0.05, 0) is 36.0 Å². The maximum Gasteiger partial charge on any atom is 0.169 e. The highest BCUT2D eigenvalue weighted by molar-refractivity contribution is 5.90. The van der Waals surface area contributed by atoms with Gasteiger partial charge in [-0.15, -0.1) is 0 Å². The standard InChI is InChI=1S/C18H26O3/c1-6-12-8-9-15(13(10-12)18(3,4)5)21-16-11-14(19)17(16)20-7-2/h8-10,16-17H,6-7,11H2,1-5H3. The van der Waals surface area contributed by atoms with E-state index < -0.39 is 6.10 Å². The molecule has 0 saturated heterocycles. The summed E-state index contributed by atoms with van der Waals surface area (Å²) in [5, 5.41) is 0. The predicted molar refractivity (Wildman–Crippen MR) is 84.0 cm³/mol. The van der Waals surface area contributed by atoms with Crippen LogP contribution in [0.2, 0.25) is 0 Å². The number of benzene rings is 1. The molecule has 0 radical (unpaired) electrons. The molecule has 3 nitrogen and oxygen atoms in total. The molecule has 0 aromatic heterocycles. The average molecular weight is 290 g/mol. The molecule has 1 aliphatic carbocycles. The fraction of sp³-hybridized carbons (Fsp3) is 0.611. The quantitative estimate of drug-likeness (QED) is 0.830. The molecule has 0 N–H and O–H groups in total. The van der Waals surface area contributed by atoms with Crippen molar-refractivity contribution in [1.82, 2.24) is 0 Å². The fourth-order valence-corrected chi connectivity index (χ4v) is 2.60. The fourth-order valence-electron chi connectivity index (χ4n) is 2.60. The number of Topliss-reactive ketones (excluding diaryl/α,β-unsaturated/α-hetero) is 1. The summed E-state index contributed by atoms with van der Waals surface area (Å²) in [4.78, 5) is 11.6. The summed E-state index contributed by atoms with van der Waals surface area (Å²) in [5.74, 6) is 1.02. The third kappa shape index (κ3) is 3.46. The highest BCUT2D eigenvalue weighted by Gasteiger charge is 2.43. The minimum Gasteiger partial charge on any atom is -0.486 e. The summed E-state index contributed by atoms with van der Waals surface area (Å²) < 4.78 is 11.6. The number of carbonyl (C=O) groups is 1. The molecule has 1 aromatic carbocycles. The number of hydrogen-bond acceptors (Lipinski definition) is 3. The van der Waals surface area contributed by atoms with Gasteiger partial charge >= 0.3 is 0 Å². The van der Waals surface area contributed by atoms with Gasteiger partial charge in [-0.1, -0.05) is 39.8 Å². The van der Waals surface area contributed by atoms with Gasteiger partial charge < -0.3 is 9.47 Å². The van der Waals surface area contributed by atoms with Crippen molar-refractivity contribution in [3.8, 4) is 5.75 Å². The zero-order chi connectivity index (χ0) is 15.6. The van der Waals surface area contributed by atoms with Gasteiger partial charge in [0.15, 0.2) is 11.9 Å². The third-order valence-electron chi connectivity index (χ3n) is 3.94. The minimum absolute atomic E-state index is 0.00931. The molecule has 0 aliphatic heterocycles. The number of ether oxygens (including phenoxy) is 2. The molecule has 2 unspecified atom stereocenters. The summed E-state index contributed by atoms with van der Waals surface area (Å²) in [6.07, 6.45) is 0.913. The van der Waals surface area contributed by atoms with E-state index in [9.17, 15) is 4.79 Å². The van der Waals surface area contributed by atoms with E-state index in [4.69, 9.17) is 9.47 Å². The molecular weight excluding hydrogens is 264 g/mol. The second-order valence-corrected chi connectivity index (χ2v) is 6.64. The van der Waals surface area contributed by atoms with E-state index in [0.717, 1.165) is 12.2 Å². The topological polar surface area (TPSA) is 35.5 Å². The first kappa shape index (κ1) is 16.0. The molecule has 21 heavy (non-hydrogen) atoms. The molecule has 0 bridgehead atoms. The van der Waals surface area contributed by atoms with Gasteiger partial charge in [0.05, 0.1) is 0 Å². The summed E-state index contributed by atoms with van der Waals surface area (Å²) in [5.41, 5.74) is 2.50. The lowest BCUT2D eigenvalue weighted by Gasteiger charge is -2.36. The number of hydrogen-bond donors (Lipinski definition) is 0. The number of rotatable bonds is 5. The Morgan fingerprint density at radius 1 is 1.24 bits per heavy atom. The molecule has 1 fully saturated rings. The van der Waals surface area contributed by atoms with Crippen LogP contribution in [0.4, 0.5) is 0 Å². The van der Waals surface area contributed by atoms with Crippen molar-refractivity contribution >= 4 is 5.78 Å². The first-order valence-electron chi connectivity index (χ1n) is 7.81. The van der Waals surface area contributed by atoms with Crippen molar-refractivity contribution in [2.24, 2.45) is 0 Å². The molecule has 116 valence electrons. The molecule has 0 heterocycles. The van der Waals surface area contributed by atoms with Crippen LogP contribution in [0.5, 0.6) is 5.75 Å². The van der Waals surface area contributed by atoms with E-state index >= 15 is 0 Å². The molecule has 0 amide bonds. The Morgan fingerprint density at radius 2 is 1.95 bits per heavy atom. The zero-order valence-corrected chi connectivity index (χ0v) is 13.7. The van der Waals surface area contributed by atoms with E-state index in [2.05, 4.69) is 39.8 Å². The van der Waals surface area contributed by atoms with Crippen molar-refractivity contribution in [3.63, 3.8) is 0 Å². The molecule has 1 aromatic rings. The third-order valence-corrected chi connectivity index (χ3v) is 3.94. The van der Waals surface area contributed by atoms with E-state index in [1.165, 1.54) is 11.1 Å². The lowest BCUT2D eigenvalue weighted by molar-refractivity contribution is -0.154. The van der Waals surface area contributed by atoms with Crippen molar-refractivity contribution in [2.75, 3.05) is 6.61 Å². The lowest BCUT2D eigenvalue weighted by atomic mass is 9.84. The van der Waals surface area contributed by atoms with Crippen LogP contribution < -0.4 is 4.74 Å². The molecule has 2 atom stereocenters. The van der Waals surface area contributed by atoms with Crippen LogP contribution >= 0.6 is 0 Å². The van der Waals surface area contributed by atoms with Gasteiger partial charge in [0.1, 0.15) is 11.9 Å². The lowest BCUT2D eigenvalue weighted by Crippen LogP contribution is -2.52. The monoisotopic (exact) mass is 290 g/mol. The second kappa shape index (κ2) is 6.18. The molecule has 2 rings (SSSR count). The number of aryl methyl sites for hydroxylation is 1. The van der Waals surface area contributed by atoms with Crippen LogP contribution in [0.25, 0.3) is 0 Å². The van der Waals surface area contributed by atoms with Gasteiger partial charge in [-0.2, -0.15) is 0 Å². The van der Waals surface area contributed by atoms with Gasteiger partial charge in [0.25, 0.3) is 0 Å². The summed E-state index contributed by atoms with van der Waals surface area (Å²) >= 11 is 0. The van der Waals surface area contributed by atoms with Crippen LogP contribution in [0.15, 0.2) is 18.2 Å². The zero-order valence-electron chi connectivity index (χ0n) is 13.7. The van der Waals surface area contributed by atoms with Crippen molar-refractivity contribution < 1.29 is 14.3 Å². The number of ketones is 1. The van der Waals surface area contributed by atoms with Crippen molar-refractivity contribution in [1.29, 1.82) is 0 Å². The minimum atomic E-state index is -0.395. The predicted octanol–water partition coefficient (Wildman–Crippen LogP) is 3.67. The van der Waals surface area contributed by atoms with E-state index in [1.807, 2.05) is 13.0 Å². The summed E-state index contributed by atoms with van der Waals surface area (Å²) in [6.45, 7) is 11.1. The normalized spacial score (nSPS) is 22.0. The Kier molecular flexibility index (Phi) is 4.72. The maximum absolute atomic E-state index is 11.6. The van der Waals surface area contributed by atoms with Crippen molar-refractivity contribution in [2.45, 2.75) is 65.1 Å². The summed E-state index contributed by atoms with van der Waals surface area (Å²) in [6, 6.07) is 6.34. The second-order valence-electron chi connectivity index (χ2n) is 6.64. The molecule has 1 aliphatic rings.